The first-order valence-electron chi connectivity index (χ1n) is 9.04. The summed E-state index contributed by atoms with van der Waals surface area (Å²) in [7, 11) is 0. The Balaban J connectivity index is 1.63. The number of primary amides is 1. The van der Waals surface area contributed by atoms with Gasteiger partial charge < -0.3 is 16.0 Å². The van der Waals surface area contributed by atoms with Gasteiger partial charge >= 0.3 is 6.03 Å². The zero-order valence-corrected chi connectivity index (χ0v) is 14.8. The fraction of sp³-hybridized carbons (Fsp3) is 0.611. The molecule has 2 aliphatic rings. The van der Waals surface area contributed by atoms with E-state index < -0.39 is 5.54 Å². The van der Waals surface area contributed by atoms with Gasteiger partial charge in [-0.15, -0.1) is 0 Å². The van der Waals surface area contributed by atoms with E-state index in [9.17, 15) is 9.59 Å². The Morgan fingerprint density at radius 1 is 1.12 bits per heavy atom. The van der Waals surface area contributed by atoms with E-state index >= 15 is 0 Å². The first-order chi connectivity index (χ1) is 12.0. The normalized spacial score (nSPS) is 20.9. The van der Waals surface area contributed by atoms with E-state index in [1.807, 2.05) is 13.0 Å². The highest BCUT2D eigenvalue weighted by Crippen LogP contribution is 2.31. The highest BCUT2D eigenvalue weighted by Gasteiger charge is 2.45. The molecule has 1 aromatic heterocycles. The minimum Gasteiger partial charge on any atom is -0.368 e. The molecule has 0 aliphatic carbocycles. The van der Waals surface area contributed by atoms with Crippen molar-refractivity contribution in [1.82, 2.24) is 14.8 Å². The number of anilines is 1. The number of amides is 3. The van der Waals surface area contributed by atoms with Crippen LogP contribution in [0.1, 0.15) is 37.7 Å². The van der Waals surface area contributed by atoms with E-state index in [1.165, 1.54) is 6.42 Å². The second-order valence-corrected chi connectivity index (χ2v) is 7.11. The number of hydrogen-bond donors (Lipinski definition) is 2. The lowest BCUT2D eigenvalue weighted by Gasteiger charge is -2.48. The highest BCUT2D eigenvalue weighted by molar-refractivity contribution is 5.90. The Labute approximate surface area is 148 Å². The van der Waals surface area contributed by atoms with Crippen LogP contribution in [0, 0.1) is 6.92 Å². The van der Waals surface area contributed by atoms with Crippen LogP contribution in [0.2, 0.25) is 0 Å². The van der Waals surface area contributed by atoms with Gasteiger partial charge in [0.05, 0.1) is 11.9 Å². The lowest BCUT2D eigenvalue weighted by atomic mass is 9.83. The van der Waals surface area contributed by atoms with E-state index in [2.05, 4.69) is 15.2 Å². The second-order valence-electron chi connectivity index (χ2n) is 7.11. The maximum atomic E-state index is 12.5. The Kier molecular flexibility index (Phi) is 5.22. The summed E-state index contributed by atoms with van der Waals surface area (Å²) in [4.78, 5) is 32.8. The van der Waals surface area contributed by atoms with Crippen molar-refractivity contribution in [2.45, 2.75) is 44.6 Å². The van der Waals surface area contributed by atoms with Gasteiger partial charge in [0.2, 0.25) is 5.91 Å². The average Bonchev–Trinajstić information content (AvgIpc) is 2.62. The smallest absolute Gasteiger partial charge is 0.321 e. The lowest BCUT2D eigenvalue weighted by Crippen LogP contribution is -2.64. The molecule has 136 valence electrons. The van der Waals surface area contributed by atoms with Crippen molar-refractivity contribution in [3.05, 3.63) is 24.0 Å². The maximum Gasteiger partial charge on any atom is 0.321 e. The van der Waals surface area contributed by atoms with Crippen LogP contribution in [0.5, 0.6) is 0 Å². The lowest BCUT2D eigenvalue weighted by molar-refractivity contribution is -0.134. The number of carbonyl (C=O) groups is 2. The summed E-state index contributed by atoms with van der Waals surface area (Å²) in [6.45, 7) is 4.84. The van der Waals surface area contributed by atoms with Crippen LogP contribution < -0.4 is 11.1 Å². The number of urea groups is 1. The van der Waals surface area contributed by atoms with Gasteiger partial charge in [0, 0.05) is 19.3 Å². The van der Waals surface area contributed by atoms with Crippen LogP contribution in [-0.4, -0.2) is 58.4 Å². The molecule has 3 N–H and O–H groups in total. The number of carbonyl (C=O) groups excluding carboxylic acids is 2. The zero-order valence-electron chi connectivity index (χ0n) is 14.8. The Morgan fingerprint density at radius 2 is 1.80 bits per heavy atom. The molecule has 1 aromatic rings. The first-order valence-corrected chi connectivity index (χ1v) is 9.04. The van der Waals surface area contributed by atoms with E-state index in [0.29, 0.717) is 31.6 Å². The molecule has 2 aliphatic heterocycles. The molecule has 3 rings (SSSR count). The molecule has 0 saturated carbocycles. The largest absolute Gasteiger partial charge is 0.368 e. The minimum absolute atomic E-state index is 0.149. The van der Waals surface area contributed by atoms with Crippen molar-refractivity contribution in [3.8, 4) is 0 Å². The topological polar surface area (TPSA) is 91.6 Å². The minimum atomic E-state index is -0.595. The number of hydrogen-bond acceptors (Lipinski definition) is 4. The molecule has 7 heteroatoms. The van der Waals surface area contributed by atoms with Crippen LogP contribution in [0.3, 0.4) is 0 Å². The van der Waals surface area contributed by atoms with Gasteiger partial charge in [-0.3, -0.25) is 14.7 Å². The van der Waals surface area contributed by atoms with Gasteiger partial charge in [-0.25, -0.2) is 4.79 Å². The van der Waals surface area contributed by atoms with Crippen LogP contribution in [-0.2, 0) is 4.79 Å². The number of pyridine rings is 1. The molecule has 25 heavy (non-hydrogen) atoms. The van der Waals surface area contributed by atoms with Crippen LogP contribution in [0.4, 0.5) is 10.5 Å². The summed E-state index contributed by atoms with van der Waals surface area (Å²) in [5, 5.41) is 2.88. The van der Waals surface area contributed by atoms with Gasteiger partial charge in [-0.2, -0.15) is 0 Å². The quantitative estimate of drug-likeness (QED) is 0.873. The summed E-state index contributed by atoms with van der Waals surface area (Å²) in [5.41, 5.74) is 6.87. The van der Waals surface area contributed by atoms with Gasteiger partial charge in [0.1, 0.15) is 5.54 Å². The highest BCUT2D eigenvalue weighted by atomic mass is 16.2. The summed E-state index contributed by atoms with van der Waals surface area (Å²) in [5.74, 6) is -0.252. The number of piperidine rings is 2. The average molecular weight is 345 g/mol. The molecule has 7 nitrogen and oxygen atoms in total. The van der Waals surface area contributed by atoms with Gasteiger partial charge in [-0.1, -0.05) is 6.42 Å². The molecule has 0 atom stereocenters. The summed E-state index contributed by atoms with van der Waals surface area (Å²) < 4.78 is 0. The van der Waals surface area contributed by atoms with Gasteiger partial charge in [0.15, 0.2) is 0 Å². The SMILES string of the molecule is Cc1cncc(NC(=O)N2CCC(C(N)=O)(N3CCCCC3)CC2)c1. The zero-order chi connectivity index (χ0) is 17.9. The Hall–Kier alpha value is -2.15. The van der Waals surface area contributed by atoms with E-state index in [0.717, 1.165) is 31.5 Å². The molecule has 2 fully saturated rings. The molecule has 3 amide bonds. The molecule has 0 aromatic carbocycles. The third-order valence-electron chi connectivity index (χ3n) is 5.42. The van der Waals surface area contributed by atoms with E-state index in [1.54, 1.807) is 17.3 Å². The summed E-state index contributed by atoms with van der Waals surface area (Å²) in [6.07, 6.45) is 8.01. The number of nitrogens with zero attached hydrogens (tertiary/aromatic N) is 3. The Bertz CT molecular complexity index is 634. The molecule has 2 saturated heterocycles. The predicted octanol–water partition coefficient (Wildman–Crippen LogP) is 1.73. The first kappa shape index (κ1) is 17.7. The number of nitrogens with one attached hydrogen (secondary N) is 1. The molecular weight excluding hydrogens is 318 g/mol. The van der Waals surface area contributed by atoms with Gasteiger partial charge in [-0.05, 0) is 57.3 Å². The van der Waals surface area contributed by atoms with Crippen LogP contribution >= 0.6 is 0 Å². The van der Waals surface area contributed by atoms with Crippen molar-refractivity contribution in [1.29, 1.82) is 0 Å². The third-order valence-corrected chi connectivity index (χ3v) is 5.42. The summed E-state index contributed by atoms with van der Waals surface area (Å²) in [6, 6.07) is 1.74. The second kappa shape index (κ2) is 7.39. The summed E-state index contributed by atoms with van der Waals surface area (Å²) >= 11 is 0. The van der Waals surface area contributed by atoms with E-state index in [4.69, 9.17) is 5.73 Å². The maximum absolute atomic E-state index is 12.5. The third kappa shape index (κ3) is 3.76. The molecule has 0 unspecified atom stereocenters. The van der Waals surface area contributed by atoms with Crippen molar-refractivity contribution in [2.75, 3.05) is 31.5 Å². The van der Waals surface area contributed by atoms with Crippen LogP contribution in [0.15, 0.2) is 18.5 Å². The van der Waals surface area contributed by atoms with Crippen molar-refractivity contribution >= 4 is 17.6 Å². The number of nitrogens with two attached hydrogens (primary N) is 1. The van der Waals surface area contributed by atoms with Crippen molar-refractivity contribution in [2.24, 2.45) is 5.73 Å². The van der Waals surface area contributed by atoms with Crippen LogP contribution in [0.25, 0.3) is 0 Å². The molecule has 0 radical (unpaired) electrons. The Morgan fingerprint density at radius 3 is 2.40 bits per heavy atom. The molecule has 0 spiro atoms. The van der Waals surface area contributed by atoms with Gasteiger partial charge in [0.25, 0.3) is 0 Å². The van der Waals surface area contributed by atoms with Crippen molar-refractivity contribution in [3.63, 3.8) is 0 Å². The number of aryl methyl sites for hydroxylation is 1. The fourth-order valence-electron chi connectivity index (χ4n) is 3.95. The number of rotatable bonds is 3. The standard InChI is InChI=1S/C18H27N5O2/c1-14-11-15(13-20-12-14)21-17(25)22-9-5-18(6-10-22,16(19)24)23-7-3-2-4-8-23/h11-13H,2-10H2,1H3,(H2,19,24)(H,21,25). The molecule has 0 bridgehead atoms. The predicted molar refractivity (Wildman–Crippen MR) is 96.1 cm³/mol. The fourth-order valence-corrected chi connectivity index (χ4v) is 3.95. The van der Waals surface area contributed by atoms with Crippen molar-refractivity contribution < 1.29 is 9.59 Å². The van der Waals surface area contributed by atoms with E-state index in [-0.39, 0.29) is 11.9 Å². The number of likely N-dealkylation sites (tertiary alicyclic amines) is 2. The monoisotopic (exact) mass is 345 g/mol. The molecular formula is C18H27N5O2. The number of aromatic nitrogens is 1. The molecule has 3 heterocycles.